The van der Waals surface area contributed by atoms with Crippen molar-refractivity contribution in [2.45, 2.75) is 6.54 Å². The number of carbonyl (C=O) groups is 1. The summed E-state index contributed by atoms with van der Waals surface area (Å²) < 4.78 is 4.52. The molecule has 0 aliphatic rings. The van der Waals surface area contributed by atoms with Gasteiger partial charge in [0.25, 0.3) is 0 Å². The molecule has 0 saturated carbocycles. The smallest absolute Gasteiger partial charge is 0.411 e. The SMILES string of the molecule is COC(=O)Nc1ccc(N(C)Cc2ccccc2)nc1. The van der Waals surface area contributed by atoms with Crippen molar-refractivity contribution in [2.24, 2.45) is 0 Å². The first-order chi connectivity index (χ1) is 9.69. The van der Waals surface area contributed by atoms with Crippen LogP contribution < -0.4 is 10.2 Å². The maximum atomic E-state index is 11.1. The van der Waals surface area contributed by atoms with Crippen LogP contribution in [0.2, 0.25) is 0 Å². The third-order valence-corrected chi connectivity index (χ3v) is 2.83. The molecule has 1 N–H and O–H groups in total. The van der Waals surface area contributed by atoms with Crippen LogP contribution in [-0.2, 0) is 11.3 Å². The van der Waals surface area contributed by atoms with Crippen LogP contribution in [-0.4, -0.2) is 25.2 Å². The minimum Gasteiger partial charge on any atom is -0.453 e. The summed E-state index contributed by atoms with van der Waals surface area (Å²) in [6, 6.07) is 13.8. The van der Waals surface area contributed by atoms with Crippen molar-refractivity contribution >= 4 is 17.6 Å². The Labute approximate surface area is 118 Å². The second kappa shape index (κ2) is 6.56. The van der Waals surface area contributed by atoms with E-state index in [2.05, 4.69) is 27.2 Å². The number of nitrogens with one attached hydrogen (secondary N) is 1. The molecule has 1 amide bonds. The molecule has 0 saturated heterocycles. The lowest BCUT2D eigenvalue weighted by atomic mass is 10.2. The molecule has 104 valence electrons. The monoisotopic (exact) mass is 271 g/mol. The number of anilines is 2. The molecule has 0 aliphatic heterocycles. The van der Waals surface area contributed by atoms with Gasteiger partial charge in [-0.3, -0.25) is 5.32 Å². The van der Waals surface area contributed by atoms with E-state index in [1.54, 1.807) is 12.3 Å². The molecular weight excluding hydrogens is 254 g/mol. The van der Waals surface area contributed by atoms with E-state index >= 15 is 0 Å². The molecule has 20 heavy (non-hydrogen) atoms. The standard InChI is InChI=1S/C15H17N3O2/c1-18(11-12-6-4-3-5-7-12)14-9-8-13(10-16-14)17-15(19)20-2/h3-10H,11H2,1-2H3,(H,17,19). The van der Waals surface area contributed by atoms with E-state index in [0.29, 0.717) is 5.69 Å². The number of nitrogens with zero attached hydrogens (tertiary/aromatic N) is 2. The minimum absolute atomic E-state index is 0.503. The highest BCUT2D eigenvalue weighted by atomic mass is 16.5. The Hall–Kier alpha value is -2.56. The first-order valence-corrected chi connectivity index (χ1v) is 6.25. The Bertz CT molecular complexity index is 555. The number of hydrogen-bond donors (Lipinski definition) is 1. The van der Waals surface area contributed by atoms with Gasteiger partial charge in [-0.15, -0.1) is 0 Å². The molecule has 1 aromatic heterocycles. The van der Waals surface area contributed by atoms with Crippen LogP contribution in [0.3, 0.4) is 0 Å². The van der Waals surface area contributed by atoms with E-state index in [0.717, 1.165) is 12.4 Å². The Morgan fingerprint density at radius 2 is 2.00 bits per heavy atom. The summed E-state index contributed by atoms with van der Waals surface area (Å²) in [5, 5.41) is 2.57. The van der Waals surface area contributed by atoms with Crippen LogP contribution in [0.25, 0.3) is 0 Å². The fourth-order valence-corrected chi connectivity index (χ4v) is 1.79. The molecule has 2 rings (SSSR count). The van der Waals surface area contributed by atoms with Gasteiger partial charge in [0.2, 0.25) is 0 Å². The van der Waals surface area contributed by atoms with Crippen molar-refractivity contribution in [3.8, 4) is 0 Å². The summed E-state index contributed by atoms with van der Waals surface area (Å²) in [4.78, 5) is 17.4. The molecule has 0 spiro atoms. The molecule has 0 unspecified atom stereocenters. The van der Waals surface area contributed by atoms with E-state index in [1.165, 1.54) is 12.7 Å². The van der Waals surface area contributed by atoms with Gasteiger partial charge in [0.05, 0.1) is 19.0 Å². The normalized spacial score (nSPS) is 9.90. The molecule has 2 aromatic rings. The number of carbonyl (C=O) groups excluding carboxylic acids is 1. The fraction of sp³-hybridized carbons (Fsp3) is 0.200. The zero-order valence-corrected chi connectivity index (χ0v) is 11.5. The molecule has 5 nitrogen and oxygen atoms in total. The van der Waals surface area contributed by atoms with Crippen molar-refractivity contribution in [1.29, 1.82) is 0 Å². The van der Waals surface area contributed by atoms with Gasteiger partial charge in [0.1, 0.15) is 5.82 Å². The van der Waals surface area contributed by atoms with Crippen LogP contribution in [0.5, 0.6) is 0 Å². The van der Waals surface area contributed by atoms with E-state index in [1.807, 2.05) is 36.2 Å². The lowest BCUT2D eigenvalue weighted by Gasteiger charge is -2.18. The number of hydrogen-bond acceptors (Lipinski definition) is 4. The summed E-state index contributed by atoms with van der Waals surface area (Å²) >= 11 is 0. The van der Waals surface area contributed by atoms with Crippen LogP contribution in [0.1, 0.15) is 5.56 Å². The van der Waals surface area contributed by atoms with Crippen molar-refractivity contribution in [3.05, 3.63) is 54.2 Å². The molecule has 1 heterocycles. The second-order valence-electron chi connectivity index (χ2n) is 4.36. The van der Waals surface area contributed by atoms with Gasteiger partial charge in [-0.05, 0) is 17.7 Å². The first kappa shape index (κ1) is 13.9. The molecule has 0 bridgehead atoms. The van der Waals surface area contributed by atoms with Gasteiger partial charge in [-0.1, -0.05) is 30.3 Å². The molecule has 0 fully saturated rings. The average molecular weight is 271 g/mol. The summed E-state index contributed by atoms with van der Waals surface area (Å²) in [5.74, 6) is 0.837. The molecule has 0 atom stereocenters. The lowest BCUT2D eigenvalue weighted by Crippen LogP contribution is -2.18. The fourth-order valence-electron chi connectivity index (χ4n) is 1.79. The zero-order chi connectivity index (χ0) is 14.4. The largest absolute Gasteiger partial charge is 0.453 e. The third kappa shape index (κ3) is 3.71. The molecule has 5 heteroatoms. The van der Waals surface area contributed by atoms with E-state index in [9.17, 15) is 4.79 Å². The van der Waals surface area contributed by atoms with Gasteiger partial charge >= 0.3 is 6.09 Å². The number of aromatic nitrogens is 1. The number of pyridine rings is 1. The van der Waals surface area contributed by atoms with Crippen LogP contribution in [0.15, 0.2) is 48.7 Å². The Morgan fingerprint density at radius 3 is 2.60 bits per heavy atom. The summed E-state index contributed by atoms with van der Waals surface area (Å²) in [6.45, 7) is 0.775. The predicted molar refractivity (Wildman–Crippen MR) is 78.8 cm³/mol. The van der Waals surface area contributed by atoms with Gasteiger partial charge in [0, 0.05) is 13.6 Å². The maximum absolute atomic E-state index is 11.1. The third-order valence-electron chi connectivity index (χ3n) is 2.83. The lowest BCUT2D eigenvalue weighted by molar-refractivity contribution is 0.187. The van der Waals surface area contributed by atoms with Crippen molar-refractivity contribution in [2.75, 3.05) is 24.4 Å². The van der Waals surface area contributed by atoms with Gasteiger partial charge < -0.3 is 9.64 Å². The van der Waals surface area contributed by atoms with E-state index in [-0.39, 0.29) is 0 Å². The molecular formula is C15H17N3O2. The highest BCUT2D eigenvalue weighted by Crippen LogP contribution is 2.15. The van der Waals surface area contributed by atoms with Crippen molar-refractivity contribution < 1.29 is 9.53 Å². The highest BCUT2D eigenvalue weighted by Gasteiger charge is 2.05. The second-order valence-corrected chi connectivity index (χ2v) is 4.36. The Kier molecular flexibility index (Phi) is 4.55. The molecule has 1 aromatic carbocycles. The number of methoxy groups -OCH3 is 1. The summed E-state index contributed by atoms with van der Waals surface area (Å²) in [5.41, 5.74) is 1.82. The molecule has 0 aliphatic carbocycles. The van der Waals surface area contributed by atoms with Gasteiger partial charge in [-0.25, -0.2) is 9.78 Å². The summed E-state index contributed by atoms with van der Waals surface area (Å²) in [7, 11) is 3.30. The van der Waals surface area contributed by atoms with Crippen molar-refractivity contribution in [1.82, 2.24) is 4.98 Å². The van der Waals surface area contributed by atoms with Crippen molar-refractivity contribution in [3.63, 3.8) is 0 Å². The molecule has 0 radical (unpaired) electrons. The summed E-state index contributed by atoms with van der Waals surface area (Å²) in [6.07, 6.45) is 1.10. The van der Waals surface area contributed by atoms with Crippen LogP contribution in [0, 0.1) is 0 Å². The Morgan fingerprint density at radius 1 is 1.25 bits per heavy atom. The number of ether oxygens (including phenoxy) is 1. The topological polar surface area (TPSA) is 54.5 Å². The maximum Gasteiger partial charge on any atom is 0.411 e. The number of rotatable bonds is 4. The van der Waals surface area contributed by atoms with E-state index in [4.69, 9.17) is 0 Å². The quantitative estimate of drug-likeness (QED) is 0.929. The number of benzene rings is 1. The number of amides is 1. The predicted octanol–water partition coefficient (Wildman–Crippen LogP) is 2.90. The highest BCUT2D eigenvalue weighted by molar-refractivity contribution is 5.84. The van der Waals surface area contributed by atoms with Gasteiger partial charge in [-0.2, -0.15) is 0 Å². The van der Waals surface area contributed by atoms with Crippen LogP contribution in [0.4, 0.5) is 16.3 Å². The minimum atomic E-state index is -0.503. The first-order valence-electron chi connectivity index (χ1n) is 6.25. The van der Waals surface area contributed by atoms with Gasteiger partial charge in [0.15, 0.2) is 0 Å². The van der Waals surface area contributed by atoms with Crippen LogP contribution >= 0.6 is 0 Å². The zero-order valence-electron chi connectivity index (χ0n) is 11.5. The van der Waals surface area contributed by atoms with E-state index < -0.39 is 6.09 Å². The average Bonchev–Trinajstić information content (AvgIpc) is 2.49. The Balaban J connectivity index is 2.00.